The van der Waals surface area contributed by atoms with Gasteiger partial charge in [0.15, 0.2) is 0 Å². The van der Waals surface area contributed by atoms with E-state index in [2.05, 4.69) is 42.6 Å². The highest BCUT2D eigenvalue weighted by Gasteiger charge is 2.14. The van der Waals surface area contributed by atoms with Crippen molar-refractivity contribution in [3.05, 3.63) is 58.0 Å². The van der Waals surface area contributed by atoms with Crippen molar-refractivity contribution < 1.29 is 4.42 Å². The summed E-state index contributed by atoms with van der Waals surface area (Å²) in [4.78, 5) is 1.29. The fourth-order valence-corrected chi connectivity index (χ4v) is 2.92. The predicted octanol–water partition coefficient (Wildman–Crippen LogP) is 4.05. The Morgan fingerprint density at radius 2 is 2.17 bits per heavy atom. The quantitative estimate of drug-likeness (QED) is 0.769. The maximum Gasteiger partial charge on any atom is 0.137 e. The molecule has 0 radical (unpaired) electrons. The van der Waals surface area contributed by atoms with Crippen LogP contribution in [0.25, 0.3) is 11.0 Å². The van der Waals surface area contributed by atoms with Crippen LogP contribution in [-0.2, 0) is 6.42 Å². The average Bonchev–Trinajstić information content (AvgIpc) is 2.97. The lowest BCUT2D eigenvalue weighted by Gasteiger charge is -2.06. The summed E-state index contributed by atoms with van der Waals surface area (Å²) in [6.07, 6.45) is 0.830. The minimum atomic E-state index is -0.0737. The van der Waals surface area contributed by atoms with Gasteiger partial charge in [-0.3, -0.25) is 0 Å². The summed E-state index contributed by atoms with van der Waals surface area (Å²) in [6, 6.07) is 12.3. The van der Waals surface area contributed by atoms with E-state index < -0.39 is 0 Å². The molecule has 3 rings (SSSR count). The maximum atomic E-state index is 6.21. The van der Waals surface area contributed by atoms with Crippen LogP contribution in [0.5, 0.6) is 0 Å². The van der Waals surface area contributed by atoms with Crippen LogP contribution < -0.4 is 5.73 Å². The summed E-state index contributed by atoms with van der Waals surface area (Å²) in [5.74, 6) is 0.868. The standard InChI is InChI=1S/C15H15NOS/c1-10-4-2-5-11-8-14(17-15(10)11)13(16)9-12-6-3-7-18-12/h2-8,13H,9,16H2,1H3. The van der Waals surface area contributed by atoms with Crippen molar-refractivity contribution in [3.8, 4) is 0 Å². The second-order valence-corrected chi connectivity index (χ2v) is 5.56. The van der Waals surface area contributed by atoms with Crippen molar-refractivity contribution in [1.29, 1.82) is 0 Å². The molecule has 0 aliphatic carbocycles. The Bertz CT molecular complexity index is 654. The largest absolute Gasteiger partial charge is 0.459 e. The number of rotatable bonds is 3. The van der Waals surface area contributed by atoms with Crippen LogP contribution in [0.3, 0.4) is 0 Å². The topological polar surface area (TPSA) is 39.2 Å². The Hall–Kier alpha value is -1.58. The zero-order valence-electron chi connectivity index (χ0n) is 10.2. The molecule has 92 valence electrons. The van der Waals surface area contributed by atoms with Gasteiger partial charge in [-0.05, 0) is 30.0 Å². The summed E-state index contributed by atoms with van der Waals surface area (Å²) in [5.41, 5.74) is 8.32. The van der Waals surface area contributed by atoms with E-state index >= 15 is 0 Å². The highest BCUT2D eigenvalue weighted by Crippen LogP contribution is 2.27. The van der Waals surface area contributed by atoms with Gasteiger partial charge in [0.2, 0.25) is 0 Å². The summed E-state index contributed by atoms with van der Waals surface area (Å²) >= 11 is 1.73. The van der Waals surface area contributed by atoms with E-state index in [0.717, 1.165) is 28.7 Å². The molecule has 3 aromatic rings. The minimum absolute atomic E-state index is 0.0737. The number of nitrogens with two attached hydrogens (primary N) is 1. The van der Waals surface area contributed by atoms with Crippen LogP contribution in [0, 0.1) is 6.92 Å². The molecule has 0 bridgehead atoms. The number of thiophene rings is 1. The molecule has 2 aromatic heterocycles. The lowest BCUT2D eigenvalue weighted by molar-refractivity contribution is 0.494. The van der Waals surface area contributed by atoms with Gasteiger partial charge in [-0.25, -0.2) is 0 Å². The van der Waals surface area contributed by atoms with E-state index in [1.54, 1.807) is 11.3 Å². The smallest absolute Gasteiger partial charge is 0.137 e. The zero-order chi connectivity index (χ0) is 12.5. The maximum absolute atomic E-state index is 6.21. The summed E-state index contributed by atoms with van der Waals surface area (Å²) in [6.45, 7) is 2.06. The van der Waals surface area contributed by atoms with Gasteiger partial charge in [0.25, 0.3) is 0 Å². The van der Waals surface area contributed by atoms with Gasteiger partial charge in [0.1, 0.15) is 11.3 Å². The summed E-state index contributed by atoms with van der Waals surface area (Å²) in [5, 5.41) is 3.21. The van der Waals surface area contributed by atoms with Gasteiger partial charge in [0.05, 0.1) is 6.04 Å². The number of hydrogen-bond acceptors (Lipinski definition) is 3. The molecule has 1 atom stereocenters. The van der Waals surface area contributed by atoms with Crippen molar-refractivity contribution in [1.82, 2.24) is 0 Å². The van der Waals surface area contributed by atoms with Gasteiger partial charge in [0, 0.05) is 16.7 Å². The van der Waals surface area contributed by atoms with Gasteiger partial charge >= 0.3 is 0 Å². The Balaban J connectivity index is 1.92. The SMILES string of the molecule is Cc1cccc2cc(C(N)Cc3cccs3)oc12. The molecule has 0 saturated heterocycles. The lowest BCUT2D eigenvalue weighted by atomic mass is 10.1. The molecule has 0 amide bonds. The van der Waals surface area contributed by atoms with Crippen molar-refractivity contribution in [2.24, 2.45) is 5.73 Å². The zero-order valence-corrected chi connectivity index (χ0v) is 11.0. The molecule has 0 spiro atoms. The molecular weight excluding hydrogens is 242 g/mol. The first-order valence-electron chi connectivity index (χ1n) is 6.01. The first-order chi connectivity index (χ1) is 8.74. The molecule has 18 heavy (non-hydrogen) atoms. The Morgan fingerprint density at radius 1 is 1.28 bits per heavy atom. The van der Waals surface area contributed by atoms with E-state index in [4.69, 9.17) is 10.2 Å². The van der Waals surface area contributed by atoms with Crippen molar-refractivity contribution in [3.63, 3.8) is 0 Å². The molecule has 0 fully saturated rings. The van der Waals surface area contributed by atoms with Gasteiger partial charge in [-0.2, -0.15) is 0 Å². The molecule has 1 unspecified atom stereocenters. The van der Waals surface area contributed by atoms with Crippen LogP contribution in [0.1, 0.15) is 22.2 Å². The molecule has 0 saturated carbocycles. The van der Waals surface area contributed by atoms with Gasteiger partial charge in [-0.1, -0.05) is 24.3 Å². The first kappa shape index (κ1) is 11.5. The predicted molar refractivity (Wildman–Crippen MR) is 75.9 cm³/mol. The Labute approximate surface area is 110 Å². The molecule has 2 N–H and O–H groups in total. The minimum Gasteiger partial charge on any atom is -0.459 e. The Kier molecular flexibility index (Phi) is 2.94. The third-order valence-corrected chi connectivity index (χ3v) is 4.03. The second-order valence-electron chi connectivity index (χ2n) is 4.53. The number of benzene rings is 1. The molecule has 2 heterocycles. The third-order valence-electron chi connectivity index (χ3n) is 3.13. The fraction of sp³-hybridized carbons (Fsp3) is 0.200. The number of furan rings is 1. The fourth-order valence-electron chi connectivity index (χ4n) is 2.16. The molecule has 1 aromatic carbocycles. The van der Waals surface area contributed by atoms with Crippen LogP contribution in [-0.4, -0.2) is 0 Å². The molecule has 2 nitrogen and oxygen atoms in total. The van der Waals surface area contributed by atoms with Crippen molar-refractivity contribution in [2.45, 2.75) is 19.4 Å². The van der Waals surface area contributed by atoms with Crippen LogP contribution in [0.15, 0.2) is 46.2 Å². The van der Waals surface area contributed by atoms with Crippen molar-refractivity contribution >= 4 is 22.3 Å². The van der Waals surface area contributed by atoms with Gasteiger partial charge in [-0.15, -0.1) is 11.3 Å². The van der Waals surface area contributed by atoms with E-state index in [1.165, 1.54) is 4.88 Å². The number of fused-ring (bicyclic) bond motifs is 1. The third kappa shape index (κ3) is 2.07. The normalized spacial score (nSPS) is 13.0. The van der Waals surface area contributed by atoms with E-state index in [-0.39, 0.29) is 6.04 Å². The molecule has 3 heteroatoms. The molecule has 0 aliphatic rings. The van der Waals surface area contributed by atoms with E-state index in [1.807, 2.05) is 6.07 Å². The lowest BCUT2D eigenvalue weighted by Crippen LogP contribution is -2.11. The van der Waals surface area contributed by atoms with Crippen LogP contribution in [0.2, 0.25) is 0 Å². The van der Waals surface area contributed by atoms with Crippen molar-refractivity contribution in [2.75, 3.05) is 0 Å². The molecule has 0 aliphatic heterocycles. The number of para-hydroxylation sites is 1. The first-order valence-corrected chi connectivity index (χ1v) is 6.89. The monoisotopic (exact) mass is 257 g/mol. The molecular formula is C15H15NOS. The highest BCUT2D eigenvalue weighted by molar-refractivity contribution is 7.09. The second kappa shape index (κ2) is 4.59. The number of hydrogen-bond donors (Lipinski definition) is 1. The Morgan fingerprint density at radius 3 is 2.89 bits per heavy atom. The van der Waals surface area contributed by atoms with Crippen LogP contribution >= 0.6 is 11.3 Å². The van der Waals surface area contributed by atoms with E-state index in [9.17, 15) is 0 Å². The van der Waals surface area contributed by atoms with Gasteiger partial charge < -0.3 is 10.2 Å². The highest BCUT2D eigenvalue weighted by atomic mass is 32.1. The van der Waals surface area contributed by atoms with E-state index in [0.29, 0.717) is 0 Å². The summed E-state index contributed by atoms with van der Waals surface area (Å²) < 4.78 is 5.89. The van der Waals surface area contributed by atoms with Crippen LogP contribution in [0.4, 0.5) is 0 Å². The summed E-state index contributed by atoms with van der Waals surface area (Å²) in [7, 11) is 0. The average molecular weight is 257 g/mol. The number of aryl methyl sites for hydroxylation is 1.